The maximum Gasteiger partial charge on any atom is 0.347 e. The fraction of sp³-hybridized carbons (Fsp3) is 0.529. The number of H-pyrrole nitrogens is 1. The summed E-state index contributed by atoms with van der Waals surface area (Å²) in [5.41, 5.74) is 0.637. The van der Waals surface area contributed by atoms with Crippen LogP contribution in [0.2, 0.25) is 5.15 Å². The van der Waals surface area contributed by atoms with Crippen LogP contribution >= 0.6 is 22.9 Å². The number of aryl methyl sites for hydroxylation is 1. The molecule has 1 saturated heterocycles. The van der Waals surface area contributed by atoms with E-state index < -0.39 is 5.97 Å². The number of nitrogens with one attached hydrogen (secondary N) is 2. The lowest BCUT2D eigenvalue weighted by atomic mass is 10.0. The number of thiazole rings is 1. The van der Waals surface area contributed by atoms with Crippen LogP contribution in [0.25, 0.3) is 0 Å². The molecule has 11 heteroatoms. The van der Waals surface area contributed by atoms with Gasteiger partial charge in [0.05, 0.1) is 24.0 Å². The average Bonchev–Trinajstić information content (AvgIpc) is 3.28. The van der Waals surface area contributed by atoms with Gasteiger partial charge in [0.15, 0.2) is 16.1 Å². The maximum atomic E-state index is 12.5. The lowest BCUT2D eigenvalue weighted by molar-refractivity contribution is 0.0204. The first-order chi connectivity index (χ1) is 13.4. The number of anilines is 1. The topological polar surface area (TPSA) is 120 Å². The summed E-state index contributed by atoms with van der Waals surface area (Å²) in [4.78, 5) is 36.9. The number of ether oxygens (including phenoxy) is 1. The number of halogens is 1. The Morgan fingerprint density at radius 1 is 1.54 bits per heavy atom. The van der Waals surface area contributed by atoms with Gasteiger partial charge in [-0.15, -0.1) is 0 Å². The van der Waals surface area contributed by atoms with E-state index in [1.165, 1.54) is 6.20 Å². The summed E-state index contributed by atoms with van der Waals surface area (Å²) in [5, 5.41) is 13.0. The number of aromatic amines is 1. The van der Waals surface area contributed by atoms with Crippen LogP contribution in [0.1, 0.15) is 45.7 Å². The molecule has 3 heterocycles. The van der Waals surface area contributed by atoms with E-state index in [1.54, 1.807) is 6.92 Å². The normalized spacial score (nSPS) is 19.6. The highest BCUT2D eigenvalue weighted by Crippen LogP contribution is 2.27. The number of piperidine rings is 1. The van der Waals surface area contributed by atoms with Gasteiger partial charge in [-0.1, -0.05) is 29.9 Å². The van der Waals surface area contributed by atoms with E-state index in [1.807, 2.05) is 11.8 Å². The molecule has 2 atom stereocenters. The van der Waals surface area contributed by atoms with Crippen molar-refractivity contribution in [2.45, 2.75) is 38.8 Å². The van der Waals surface area contributed by atoms with Crippen molar-refractivity contribution in [3.63, 3.8) is 0 Å². The SMILES string of the molecule is CCCO[C@H]1CN(c2ncc(C(=O)O)s2)CC[C@H]1NC(=O)c1nc(Cl)c(C)[nH]1. The number of carbonyl (C=O) groups excluding carboxylic acids is 1. The fourth-order valence-electron chi connectivity index (χ4n) is 2.99. The number of aromatic carboxylic acids is 1. The van der Waals surface area contributed by atoms with Crippen molar-refractivity contribution in [3.05, 3.63) is 27.7 Å². The molecule has 0 bridgehead atoms. The molecule has 3 rings (SSSR count). The van der Waals surface area contributed by atoms with Crippen molar-refractivity contribution in [1.82, 2.24) is 20.3 Å². The minimum Gasteiger partial charge on any atom is -0.477 e. The maximum absolute atomic E-state index is 12.5. The third-order valence-corrected chi connectivity index (χ3v) is 5.84. The van der Waals surface area contributed by atoms with Crippen molar-refractivity contribution in [1.29, 1.82) is 0 Å². The molecule has 0 aromatic carbocycles. The fourth-order valence-corrected chi connectivity index (χ4v) is 3.91. The van der Waals surface area contributed by atoms with E-state index in [2.05, 4.69) is 20.3 Å². The Hall–Kier alpha value is -2.17. The van der Waals surface area contributed by atoms with Gasteiger partial charge in [-0.3, -0.25) is 4.79 Å². The predicted molar refractivity (Wildman–Crippen MR) is 106 cm³/mol. The zero-order valence-electron chi connectivity index (χ0n) is 15.6. The molecular formula is C17H22ClN5O4S. The number of carboxylic acids is 1. The standard InChI is InChI=1S/C17H22ClN5O4S/c1-3-6-27-11-8-23(17-19-7-12(28-17)16(25)26)5-4-10(11)21-15(24)14-20-9(2)13(18)22-14/h7,10-11H,3-6,8H2,1-2H3,(H,20,22)(H,21,24)(H,25,26)/t10-,11+/m1/s1. The van der Waals surface area contributed by atoms with Gasteiger partial charge >= 0.3 is 5.97 Å². The van der Waals surface area contributed by atoms with Crippen molar-refractivity contribution in [2.24, 2.45) is 0 Å². The third-order valence-electron chi connectivity index (χ3n) is 4.43. The Labute approximate surface area is 171 Å². The van der Waals surface area contributed by atoms with Gasteiger partial charge in [-0.2, -0.15) is 0 Å². The first-order valence-corrected chi connectivity index (χ1v) is 10.2. The largest absolute Gasteiger partial charge is 0.477 e. The van der Waals surface area contributed by atoms with Crippen molar-refractivity contribution < 1.29 is 19.4 Å². The number of hydrogen-bond donors (Lipinski definition) is 3. The van der Waals surface area contributed by atoms with Crippen LogP contribution in [0.4, 0.5) is 5.13 Å². The van der Waals surface area contributed by atoms with E-state index in [0.29, 0.717) is 36.9 Å². The van der Waals surface area contributed by atoms with Crippen molar-refractivity contribution in [3.8, 4) is 0 Å². The van der Waals surface area contributed by atoms with Crippen LogP contribution in [0.3, 0.4) is 0 Å². The Morgan fingerprint density at radius 2 is 2.32 bits per heavy atom. The number of carboxylic acid groups (broad SMARTS) is 1. The van der Waals surface area contributed by atoms with Gasteiger partial charge in [0.1, 0.15) is 4.88 Å². The quantitative estimate of drug-likeness (QED) is 0.620. The second kappa shape index (κ2) is 8.89. The zero-order valence-corrected chi connectivity index (χ0v) is 17.1. The lowest BCUT2D eigenvalue weighted by Crippen LogP contribution is -2.55. The molecule has 3 N–H and O–H groups in total. The molecule has 1 aliphatic heterocycles. The van der Waals surface area contributed by atoms with Crippen LogP contribution < -0.4 is 10.2 Å². The van der Waals surface area contributed by atoms with Crippen molar-refractivity contribution >= 4 is 39.9 Å². The van der Waals surface area contributed by atoms with Crippen LogP contribution in [0, 0.1) is 6.92 Å². The van der Waals surface area contributed by atoms with E-state index in [0.717, 1.165) is 17.8 Å². The Bertz CT molecular complexity index is 835. The molecule has 9 nitrogen and oxygen atoms in total. The molecule has 2 aromatic heterocycles. The summed E-state index contributed by atoms with van der Waals surface area (Å²) in [6, 6.07) is -0.196. The number of rotatable bonds is 7. The molecule has 1 fully saturated rings. The van der Waals surface area contributed by atoms with Crippen LogP contribution in [-0.4, -0.2) is 63.8 Å². The Morgan fingerprint density at radius 3 is 2.93 bits per heavy atom. The first-order valence-electron chi connectivity index (χ1n) is 8.97. The molecule has 0 saturated carbocycles. The summed E-state index contributed by atoms with van der Waals surface area (Å²) in [6.45, 7) is 5.46. The number of aromatic nitrogens is 3. The molecule has 0 radical (unpaired) electrons. The van der Waals surface area contributed by atoms with Gasteiger partial charge in [0.25, 0.3) is 5.91 Å². The minimum absolute atomic E-state index is 0.171. The second-order valence-electron chi connectivity index (χ2n) is 6.54. The summed E-state index contributed by atoms with van der Waals surface area (Å²) < 4.78 is 5.96. The minimum atomic E-state index is -0.989. The highest BCUT2D eigenvalue weighted by Gasteiger charge is 2.33. The number of hydrogen-bond acceptors (Lipinski definition) is 7. The van der Waals surface area contributed by atoms with Gasteiger partial charge < -0.3 is 25.0 Å². The van der Waals surface area contributed by atoms with Crippen LogP contribution in [-0.2, 0) is 4.74 Å². The monoisotopic (exact) mass is 427 g/mol. The molecule has 2 aromatic rings. The zero-order chi connectivity index (χ0) is 20.3. The van der Waals surface area contributed by atoms with Gasteiger partial charge in [0.2, 0.25) is 0 Å². The van der Waals surface area contributed by atoms with Gasteiger partial charge in [-0.25, -0.2) is 14.8 Å². The molecule has 1 amide bonds. The number of nitrogens with zero attached hydrogens (tertiary/aromatic N) is 3. The van der Waals surface area contributed by atoms with Crippen LogP contribution in [0.5, 0.6) is 0 Å². The molecule has 152 valence electrons. The summed E-state index contributed by atoms with van der Waals surface area (Å²) in [7, 11) is 0. The van der Waals surface area contributed by atoms with Gasteiger partial charge in [0, 0.05) is 19.7 Å². The number of imidazole rings is 1. The van der Waals surface area contributed by atoms with E-state index >= 15 is 0 Å². The van der Waals surface area contributed by atoms with Gasteiger partial charge in [-0.05, 0) is 19.8 Å². The summed E-state index contributed by atoms with van der Waals surface area (Å²) in [6.07, 6.45) is 2.60. The molecule has 0 spiro atoms. The lowest BCUT2D eigenvalue weighted by Gasteiger charge is -2.38. The Kier molecular flexibility index (Phi) is 6.53. The smallest absolute Gasteiger partial charge is 0.347 e. The predicted octanol–water partition coefficient (Wildman–Crippen LogP) is 2.33. The molecule has 28 heavy (non-hydrogen) atoms. The highest BCUT2D eigenvalue weighted by atomic mass is 35.5. The van der Waals surface area contributed by atoms with E-state index in [9.17, 15) is 9.59 Å². The van der Waals surface area contributed by atoms with E-state index in [4.69, 9.17) is 21.4 Å². The van der Waals surface area contributed by atoms with E-state index in [-0.39, 0.29) is 33.9 Å². The third kappa shape index (κ3) is 4.62. The number of carbonyl (C=O) groups is 2. The summed E-state index contributed by atoms with van der Waals surface area (Å²) >= 11 is 7.06. The van der Waals surface area contributed by atoms with Crippen LogP contribution in [0.15, 0.2) is 6.20 Å². The Balaban J connectivity index is 1.69. The molecule has 0 aliphatic carbocycles. The highest BCUT2D eigenvalue weighted by molar-refractivity contribution is 7.17. The average molecular weight is 428 g/mol. The summed E-state index contributed by atoms with van der Waals surface area (Å²) in [5.74, 6) is -1.15. The second-order valence-corrected chi connectivity index (χ2v) is 7.90. The van der Waals surface area contributed by atoms with Crippen molar-refractivity contribution in [2.75, 3.05) is 24.6 Å². The molecular weight excluding hydrogens is 406 g/mol. The number of amides is 1. The first kappa shape index (κ1) is 20.6. The molecule has 0 unspecified atom stereocenters. The molecule has 1 aliphatic rings.